The van der Waals surface area contributed by atoms with E-state index in [1.807, 2.05) is 11.8 Å². The van der Waals surface area contributed by atoms with E-state index >= 15 is 0 Å². The van der Waals surface area contributed by atoms with Crippen LogP contribution in [0.3, 0.4) is 0 Å². The Bertz CT molecular complexity index is 339. The van der Waals surface area contributed by atoms with Gasteiger partial charge in [-0.15, -0.1) is 0 Å². The molecular weight excluding hydrogens is 216 g/mol. The van der Waals surface area contributed by atoms with Gasteiger partial charge in [-0.25, -0.2) is 0 Å². The number of rotatable bonds is 5. The molecule has 0 aromatic heterocycles. The number of nitrogens with zero attached hydrogens (tertiary/aromatic N) is 1. The van der Waals surface area contributed by atoms with E-state index in [2.05, 4.69) is 50.2 Å². The Hall–Kier alpha value is -0.670. The maximum Gasteiger partial charge on any atom is 0.0369 e. The van der Waals surface area contributed by atoms with Crippen molar-refractivity contribution in [3.8, 4) is 0 Å². The predicted molar refractivity (Wildman–Crippen MR) is 75.3 cm³/mol. The minimum Gasteiger partial charge on any atom is -0.371 e. The average Bonchev–Trinajstić information content (AvgIpc) is 2.28. The van der Waals surface area contributed by atoms with E-state index in [0.29, 0.717) is 12.6 Å². The summed E-state index contributed by atoms with van der Waals surface area (Å²) < 4.78 is 0. The highest BCUT2D eigenvalue weighted by Crippen LogP contribution is 2.20. The van der Waals surface area contributed by atoms with Gasteiger partial charge >= 0.3 is 0 Å². The minimum absolute atomic E-state index is 0.554. The molecule has 0 spiro atoms. The maximum atomic E-state index is 5.67. The van der Waals surface area contributed by atoms with Gasteiger partial charge in [0.15, 0.2) is 0 Å². The molecule has 0 aliphatic rings. The van der Waals surface area contributed by atoms with Crippen molar-refractivity contribution < 1.29 is 0 Å². The van der Waals surface area contributed by atoms with Crippen LogP contribution >= 0.6 is 11.8 Å². The van der Waals surface area contributed by atoms with Gasteiger partial charge in [0.1, 0.15) is 0 Å². The van der Waals surface area contributed by atoms with Gasteiger partial charge in [0.2, 0.25) is 0 Å². The standard InChI is InChI=1S/C13H22N2S/c1-10-7-13(6-5-12(10)8-14)15(3)11(2)9-16-4/h5-7,11H,8-9,14H2,1-4H3. The Morgan fingerprint density at radius 2 is 2.12 bits per heavy atom. The molecule has 0 heterocycles. The van der Waals surface area contributed by atoms with Gasteiger partial charge in [0.25, 0.3) is 0 Å². The molecule has 0 radical (unpaired) electrons. The molecule has 3 heteroatoms. The molecule has 0 fully saturated rings. The van der Waals surface area contributed by atoms with Crippen LogP contribution in [0.5, 0.6) is 0 Å². The number of hydrogen-bond acceptors (Lipinski definition) is 3. The van der Waals surface area contributed by atoms with E-state index < -0.39 is 0 Å². The van der Waals surface area contributed by atoms with Gasteiger partial charge in [-0.1, -0.05) is 6.07 Å². The number of nitrogens with two attached hydrogens (primary N) is 1. The highest BCUT2D eigenvalue weighted by atomic mass is 32.2. The summed E-state index contributed by atoms with van der Waals surface area (Å²) in [6.45, 7) is 5.00. The van der Waals surface area contributed by atoms with Gasteiger partial charge in [0.05, 0.1) is 0 Å². The predicted octanol–water partition coefficient (Wildman–Crippen LogP) is 2.64. The van der Waals surface area contributed by atoms with Crippen LogP contribution < -0.4 is 10.6 Å². The van der Waals surface area contributed by atoms with Crippen LogP contribution in [0.15, 0.2) is 18.2 Å². The lowest BCUT2D eigenvalue weighted by Crippen LogP contribution is -2.30. The second kappa shape index (κ2) is 6.16. The van der Waals surface area contributed by atoms with Crippen molar-refractivity contribution in [3.63, 3.8) is 0 Å². The van der Waals surface area contributed by atoms with Crippen molar-refractivity contribution in [2.45, 2.75) is 26.4 Å². The molecule has 1 atom stereocenters. The summed E-state index contributed by atoms with van der Waals surface area (Å²) in [7, 11) is 2.15. The normalized spacial score (nSPS) is 12.6. The van der Waals surface area contributed by atoms with Gasteiger partial charge < -0.3 is 10.6 Å². The summed E-state index contributed by atoms with van der Waals surface area (Å²) in [5, 5.41) is 0. The first kappa shape index (κ1) is 13.4. The molecule has 0 amide bonds. The van der Waals surface area contributed by atoms with Crippen molar-refractivity contribution in [1.82, 2.24) is 0 Å². The lowest BCUT2D eigenvalue weighted by Gasteiger charge is -2.27. The van der Waals surface area contributed by atoms with Crippen LogP contribution in [0.4, 0.5) is 5.69 Å². The molecule has 90 valence electrons. The van der Waals surface area contributed by atoms with E-state index in [9.17, 15) is 0 Å². The molecule has 0 aliphatic carbocycles. The molecule has 2 nitrogen and oxygen atoms in total. The molecule has 1 aromatic rings. The topological polar surface area (TPSA) is 29.3 Å². The summed E-state index contributed by atoms with van der Waals surface area (Å²) in [5.41, 5.74) is 9.45. The first-order valence-corrected chi connectivity index (χ1v) is 7.01. The highest BCUT2D eigenvalue weighted by molar-refractivity contribution is 7.98. The Morgan fingerprint density at radius 3 is 2.62 bits per heavy atom. The van der Waals surface area contributed by atoms with E-state index in [1.165, 1.54) is 16.8 Å². The summed E-state index contributed by atoms with van der Waals surface area (Å²) in [6, 6.07) is 7.07. The third-order valence-electron chi connectivity index (χ3n) is 3.02. The largest absolute Gasteiger partial charge is 0.371 e. The van der Waals surface area contributed by atoms with Crippen LogP contribution in [0.2, 0.25) is 0 Å². The van der Waals surface area contributed by atoms with Crippen LogP contribution in [-0.4, -0.2) is 25.1 Å². The maximum absolute atomic E-state index is 5.67. The van der Waals surface area contributed by atoms with Gasteiger partial charge in [0, 0.05) is 31.1 Å². The van der Waals surface area contributed by atoms with Gasteiger partial charge in [-0.3, -0.25) is 0 Å². The number of thioether (sulfide) groups is 1. The lowest BCUT2D eigenvalue weighted by atomic mass is 10.1. The number of aryl methyl sites for hydroxylation is 1. The first-order chi connectivity index (χ1) is 7.60. The number of anilines is 1. The molecule has 0 aliphatic heterocycles. The lowest BCUT2D eigenvalue weighted by molar-refractivity contribution is 0.765. The first-order valence-electron chi connectivity index (χ1n) is 5.61. The van der Waals surface area contributed by atoms with Crippen molar-refractivity contribution in [2.24, 2.45) is 5.73 Å². The summed E-state index contributed by atoms with van der Waals surface area (Å²) in [4.78, 5) is 2.32. The van der Waals surface area contributed by atoms with E-state index in [0.717, 1.165) is 5.75 Å². The fourth-order valence-corrected chi connectivity index (χ4v) is 2.44. The van der Waals surface area contributed by atoms with Crippen molar-refractivity contribution in [1.29, 1.82) is 0 Å². The van der Waals surface area contributed by atoms with Gasteiger partial charge in [-0.05, 0) is 43.4 Å². The SMILES string of the molecule is CSCC(C)N(C)c1ccc(CN)c(C)c1. The molecule has 1 aromatic carbocycles. The van der Waals surface area contributed by atoms with Crippen molar-refractivity contribution in [2.75, 3.05) is 24.0 Å². The second-order valence-electron chi connectivity index (χ2n) is 4.23. The summed E-state index contributed by atoms with van der Waals surface area (Å²) in [6.07, 6.45) is 2.15. The summed E-state index contributed by atoms with van der Waals surface area (Å²) in [5.74, 6) is 1.15. The quantitative estimate of drug-likeness (QED) is 0.855. The fraction of sp³-hybridized carbons (Fsp3) is 0.538. The zero-order valence-electron chi connectivity index (χ0n) is 10.7. The Balaban J connectivity index is 2.84. The number of hydrogen-bond donors (Lipinski definition) is 1. The highest BCUT2D eigenvalue weighted by Gasteiger charge is 2.10. The van der Waals surface area contributed by atoms with Crippen LogP contribution in [0.25, 0.3) is 0 Å². The molecule has 1 rings (SSSR count). The Labute approximate surface area is 103 Å². The van der Waals surface area contributed by atoms with Crippen molar-refractivity contribution >= 4 is 17.4 Å². The molecule has 2 N–H and O–H groups in total. The molecular formula is C13H22N2S. The molecule has 0 saturated carbocycles. The third-order valence-corrected chi connectivity index (χ3v) is 3.84. The molecule has 16 heavy (non-hydrogen) atoms. The van der Waals surface area contributed by atoms with E-state index in [1.54, 1.807) is 0 Å². The summed E-state index contributed by atoms with van der Waals surface area (Å²) >= 11 is 1.88. The monoisotopic (exact) mass is 238 g/mol. The zero-order chi connectivity index (χ0) is 12.1. The van der Waals surface area contributed by atoms with Crippen LogP contribution in [0.1, 0.15) is 18.1 Å². The molecule has 0 saturated heterocycles. The zero-order valence-corrected chi connectivity index (χ0v) is 11.5. The molecule has 1 unspecified atom stereocenters. The number of benzene rings is 1. The van der Waals surface area contributed by atoms with E-state index in [4.69, 9.17) is 5.73 Å². The fourth-order valence-electron chi connectivity index (χ4n) is 1.74. The van der Waals surface area contributed by atoms with Crippen LogP contribution in [-0.2, 0) is 6.54 Å². The van der Waals surface area contributed by atoms with Crippen LogP contribution in [0, 0.1) is 6.92 Å². The smallest absolute Gasteiger partial charge is 0.0369 e. The van der Waals surface area contributed by atoms with Gasteiger partial charge in [-0.2, -0.15) is 11.8 Å². The molecule has 0 bridgehead atoms. The third kappa shape index (κ3) is 3.16. The van der Waals surface area contributed by atoms with E-state index in [-0.39, 0.29) is 0 Å². The Morgan fingerprint density at radius 1 is 1.44 bits per heavy atom. The second-order valence-corrected chi connectivity index (χ2v) is 5.14. The Kier molecular flexibility index (Phi) is 5.16. The van der Waals surface area contributed by atoms with Crippen molar-refractivity contribution in [3.05, 3.63) is 29.3 Å². The minimum atomic E-state index is 0.554. The average molecular weight is 238 g/mol.